The molecule has 222 valence electrons. The molecule has 1 aliphatic rings. The maximum Gasteiger partial charge on any atom is 0.416 e. The third-order valence-electron chi connectivity index (χ3n) is 6.00. The molecule has 6 nitrogen and oxygen atoms in total. The van der Waals surface area contributed by atoms with E-state index < -0.39 is 27.2 Å². The summed E-state index contributed by atoms with van der Waals surface area (Å²) in [6.07, 6.45) is -3.31. The van der Waals surface area contributed by atoms with E-state index in [4.69, 9.17) is 9.47 Å². The summed E-state index contributed by atoms with van der Waals surface area (Å²) in [5.74, 6) is 1.06. The zero-order valence-electron chi connectivity index (χ0n) is 23.2. The summed E-state index contributed by atoms with van der Waals surface area (Å²) >= 11 is 3.15. The number of hydrogen-bond donors (Lipinski definition) is 0. The molecule has 0 aromatic heterocycles. The highest BCUT2D eigenvalue weighted by Gasteiger charge is 2.34. The molecule has 0 unspecified atom stereocenters. The number of amides is 1. The summed E-state index contributed by atoms with van der Waals surface area (Å²) in [6.45, 7) is 7.39. The van der Waals surface area contributed by atoms with Crippen molar-refractivity contribution < 1.29 is 35.9 Å². The number of carbonyl (C=O) groups is 1. The minimum atomic E-state index is -4.23. The van der Waals surface area contributed by atoms with Gasteiger partial charge in [0.2, 0.25) is 0 Å². The fraction of sp³-hybridized carbons (Fsp3) is 0.367. The molecule has 0 spiro atoms. The highest BCUT2D eigenvalue weighted by molar-refractivity contribution is 9.08. The fourth-order valence-electron chi connectivity index (χ4n) is 3.79. The van der Waals surface area contributed by atoms with Crippen molar-refractivity contribution in [3.8, 4) is 16.9 Å². The number of nitrogens with zero attached hydrogens (tertiary/aromatic N) is 1. The van der Waals surface area contributed by atoms with E-state index in [1.165, 1.54) is 18.4 Å². The molecule has 0 saturated carbocycles. The van der Waals surface area contributed by atoms with Gasteiger partial charge in [-0.2, -0.15) is 13.2 Å². The minimum absolute atomic E-state index is 0.278. The van der Waals surface area contributed by atoms with Crippen LogP contribution in [0.3, 0.4) is 0 Å². The van der Waals surface area contributed by atoms with Gasteiger partial charge in [0.1, 0.15) is 11.4 Å². The Balaban J connectivity index is 0.000000322. The van der Waals surface area contributed by atoms with E-state index in [1.54, 1.807) is 29.2 Å². The van der Waals surface area contributed by atoms with Gasteiger partial charge in [-0.25, -0.2) is 13.2 Å². The zero-order valence-corrected chi connectivity index (χ0v) is 25.6. The van der Waals surface area contributed by atoms with Crippen LogP contribution in [0.15, 0.2) is 77.7 Å². The van der Waals surface area contributed by atoms with Gasteiger partial charge in [-0.1, -0.05) is 52.3 Å². The van der Waals surface area contributed by atoms with Crippen LogP contribution < -0.4 is 4.74 Å². The molecule has 0 bridgehead atoms. The first kappa shape index (κ1) is 32.5. The smallest absolute Gasteiger partial charge is 0.416 e. The Labute approximate surface area is 247 Å². The van der Waals surface area contributed by atoms with Crippen molar-refractivity contribution in [3.63, 3.8) is 0 Å². The summed E-state index contributed by atoms with van der Waals surface area (Å²) in [4.78, 5) is 13.9. The van der Waals surface area contributed by atoms with Crippen molar-refractivity contribution in [1.29, 1.82) is 0 Å². The molecule has 3 aromatic carbocycles. The lowest BCUT2D eigenvalue weighted by Gasteiger charge is -2.39. The van der Waals surface area contributed by atoms with E-state index in [-0.39, 0.29) is 6.09 Å². The van der Waals surface area contributed by atoms with E-state index in [0.717, 1.165) is 34.6 Å². The molecular weight excluding hydrogens is 623 g/mol. The predicted molar refractivity (Wildman–Crippen MR) is 156 cm³/mol. The average molecular weight is 657 g/mol. The number of carbonyl (C=O) groups excluding carboxylic acids is 1. The molecule has 1 amide bonds. The van der Waals surface area contributed by atoms with E-state index in [1.807, 2.05) is 45.0 Å². The molecule has 0 N–H and O–H groups in total. The second-order valence-electron chi connectivity index (χ2n) is 10.7. The lowest BCUT2D eigenvalue weighted by atomic mass is 10.0. The highest BCUT2D eigenvalue weighted by Crippen LogP contribution is 2.29. The molecule has 41 heavy (non-hydrogen) atoms. The van der Waals surface area contributed by atoms with Crippen molar-refractivity contribution in [2.45, 2.75) is 42.8 Å². The van der Waals surface area contributed by atoms with Gasteiger partial charge < -0.3 is 14.4 Å². The van der Waals surface area contributed by atoms with Gasteiger partial charge in [-0.3, -0.25) is 0 Å². The van der Waals surface area contributed by atoms with Gasteiger partial charge in [0.15, 0.2) is 9.84 Å². The van der Waals surface area contributed by atoms with Crippen molar-refractivity contribution in [1.82, 2.24) is 4.90 Å². The molecular formula is C30H33BrF3NO5S. The average Bonchev–Trinajstić information content (AvgIpc) is 2.86. The Morgan fingerprint density at radius 3 is 1.85 bits per heavy atom. The fourth-order valence-corrected chi connectivity index (χ4v) is 4.79. The molecule has 3 aromatic rings. The van der Waals surface area contributed by atoms with Gasteiger partial charge in [-0.05, 0) is 73.9 Å². The number of hydrogen-bond acceptors (Lipinski definition) is 5. The first-order valence-corrected chi connectivity index (χ1v) is 15.8. The summed E-state index contributed by atoms with van der Waals surface area (Å²) in [7, 11) is -3.19. The second kappa shape index (κ2) is 13.3. The summed E-state index contributed by atoms with van der Waals surface area (Å²) in [6, 6.07) is 19.6. The topological polar surface area (TPSA) is 72.9 Å². The normalized spacial score (nSPS) is 14.0. The Kier molecular flexibility index (Phi) is 10.5. The second-order valence-corrected chi connectivity index (χ2v) is 13.3. The van der Waals surface area contributed by atoms with E-state index >= 15 is 0 Å². The lowest BCUT2D eigenvalue weighted by molar-refractivity contribution is -0.137. The number of halogens is 4. The number of benzene rings is 3. The SMILES string of the molecule is CC(C)(C)OC(=O)N1CC(COc2ccc(-c3ccc(S(C)(=O)=O)cc3)cc2)C1.FC(F)(F)c1ccc(CBr)cc1. The molecule has 1 fully saturated rings. The summed E-state index contributed by atoms with van der Waals surface area (Å²) in [5, 5.41) is 0.575. The number of sulfone groups is 1. The van der Waals surface area contributed by atoms with Crippen molar-refractivity contribution in [2.75, 3.05) is 26.0 Å². The molecule has 0 atom stereocenters. The monoisotopic (exact) mass is 655 g/mol. The highest BCUT2D eigenvalue weighted by atomic mass is 79.9. The Morgan fingerprint density at radius 2 is 1.41 bits per heavy atom. The number of ether oxygens (including phenoxy) is 2. The predicted octanol–water partition coefficient (Wildman–Crippen LogP) is 7.60. The van der Waals surface area contributed by atoms with Crippen LogP contribution >= 0.6 is 15.9 Å². The van der Waals surface area contributed by atoms with Crippen LogP contribution in [0.2, 0.25) is 0 Å². The quantitative estimate of drug-likeness (QED) is 0.256. The number of alkyl halides is 4. The molecule has 0 radical (unpaired) electrons. The largest absolute Gasteiger partial charge is 0.493 e. The van der Waals surface area contributed by atoms with Crippen LogP contribution in [0.5, 0.6) is 5.75 Å². The molecule has 0 aliphatic carbocycles. The van der Waals surface area contributed by atoms with Gasteiger partial charge >= 0.3 is 12.3 Å². The van der Waals surface area contributed by atoms with Crippen LogP contribution in [-0.2, 0) is 26.1 Å². The Bertz CT molecular complexity index is 1400. The van der Waals surface area contributed by atoms with Gasteiger partial charge in [-0.15, -0.1) is 0 Å². The minimum Gasteiger partial charge on any atom is -0.493 e. The maximum atomic E-state index is 12.0. The third kappa shape index (κ3) is 10.1. The first-order valence-electron chi connectivity index (χ1n) is 12.8. The van der Waals surface area contributed by atoms with Crippen LogP contribution in [0.25, 0.3) is 11.1 Å². The van der Waals surface area contributed by atoms with Gasteiger partial charge in [0, 0.05) is 30.6 Å². The zero-order chi connectivity index (χ0) is 30.4. The first-order chi connectivity index (χ1) is 19.0. The molecule has 1 heterocycles. The third-order valence-corrected chi connectivity index (χ3v) is 7.78. The Morgan fingerprint density at radius 1 is 0.902 bits per heavy atom. The van der Waals surface area contributed by atoms with Crippen LogP contribution in [0, 0.1) is 5.92 Å². The van der Waals surface area contributed by atoms with Gasteiger partial charge in [0.05, 0.1) is 17.1 Å². The summed E-state index contributed by atoms with van der Waals surface area (Å²) in [5.41, 5.74) is 1.68. The summed E-state index contributed by atoms with van der Waals surface area (Å²) < 4.78 is 70.3. The standard InChI is InChI=1S/C22H27NO5S.C8H6BrF3/c1-22(2,3)28-21(24)23-13-16(14-23)15-27-19-9-5-17(6-10-19)18-7-11-20(12-8-18)29(4,25)26;9-5-6-1-3-7(4-2-6)8(10,11)12/h5-12,16H,13-15H2,1-4H3;1-4H,5H2. The molecule has 1 saturated heterocycles. The van der Waals surface area contributed by atoms with E-state index in [2.05, 4.69) is 15.9 Å². The van der Waals surface area contributed by atoms with Crippen molar-refractivity contribution in [2.24, 2.45) is 5.92 Å². The van der Waals surface area contributed by atoms with Crippen molar-refractivity contribution >= 4 is 31.9 Å². The van der Waals surface area contributed by atoms with Crippen LogP contribution in [0.4, 0.5) is 18.0 Å². The van der Waals surface area contributed by atoms with Crippen molar-refractivity contribution in [3.05, 3.63) is 83.9 Å². The molecule has 4 rings (SSSR count). The number of rotatable bonds is 6. The Hall–Kier alpha value is -3.05. The van der Waals surface area contributed by atoms with E-state index in [0.29, 0.717) is 35.8 Å². The number of likely N-dealkylation sites (tertiary alicyclic amines) is 1. The molecule has 1 aliphatic heterocycles. The lowest BCUT2D eigenvalue weighted by Crippen LogP contribution is -2.53. The van der Waals surface area contributed by atoms with Gasteiger partial charge in [0.25, 0.3) is 0 Å². The van der Waals surface area contributed by atoms with Crippen LogP contribution in [-0.4, -0.2) is 51.0 Å². The van der Waals surface area contributed by atoms with Crippen LogP contribution in [0.1, 0.15) is 31.9 Å². The van der Waals surface area contributed by atoms with E-state index in [9.17, 15) is 26.4 Å². The molecule has 11 heteroatoms. The maximum absolute atomic E-state index is 12.0.